The molecule has 1 aromatic heterocycles. The van der Waals surface area contributed by atoms with E-state index in [0.717, 1.165) is 6.92 Å². The summed E-state index contributed by atoms with van der Waals surface area (Å²) in [5, 5.41) is 7.97. The van der Waals surface area contributed by atoms with Gasteiger partial charge in [0.1, 0.15) is 17.1 Å². The maximum atomic E-state index is 12.1. The standard InChI is InChI=1S/C16H13NO3.C2H4O2/c1-19-14-8-4-6-11(16(14)17)15-9-12(18)10-5-2-3-7-13(10)20-15;1-2(3)4/h2-9H,17H2,1H3;1H3,(H,3,4). The lowest BCUT2D eigenvalue weighted by molar-refractivity contribution is -0.134. The van der Waals surface area contributed by atoms with E-state index in [9.17, 15) is 4.79 Å². The number of carboxylic acid groups (broad SMARTS) is 1. The first-order valence-electron chi connectivity index (χ1n) is 7.09. The molecule has 0 unspecified atom stereocenters. The molecular weight excluding hydrogens is 310 g/mol. The molecule has 0 fully saturated rings. The van der Waals surface area contributed by atoms with Gasteiger partial charge in [0.25, 0.3) is 5.97 Å². The van der Waals surface area contributed by atoms with Crippen LogP contribution in [-0.4, -0.2) is 18.2 Å². The van der Waals surface area contributed by atoms with Gasteiger partial charge in [0.05, 0.1) is 18.2 Å². The van der Waals surface area contributed by atoms with Crippen LogP contribution in [0.4, 0.5) is 5.69 Å². The van der Waals surface area contributed by atoms with Gasteiger partial charge in [-0.3, -0.25) is 9.59 Å². The van der Waals surface area contributed by atoms with E-state index in [1.165, 1.54) is 6.07 Å². The van der Waals surface area contributed by atoms with Gasteiger partial charge >= 0.3 is 0 Å². The van der Waals surface area contributed by atoms with E-state index in [2.05, 4.69) is 0 Å². The molecule has 1 heterocycles. The van der Waals surface area contributed by atoms with Crippen molar-refractivity contribution in [2.24, 2.45) is 0 Å². The maximum absolute atomic E-state index is 12.1. The summed E-state index contributed by atoms with van der Waals surface area (Å²) >= 11 is 0. The molecule has 3 aromatic rings. The third-order valence-corrected chi connectivity index (χ3v) is 3.19. The molecule has 2 aromatic carbocycles. The molecule has 0 aliphatic heterocycles. The Balaban J connectivity index is 0.000000471. The summed E-state index contributed by atoms with van der Waals surface area (Å²) in [6, 6.07) is 13.9. The van der Waals surface area contributed by atoms with Crippen LogP contribution in [0.25, 0.3) is 22.3 Å². The number of anilines is 1. The van der Waals surface area contributed by atoms with Crippen molar-refractivity contribution < 1.29 is 19.1 Å². The van der Waals surface area contributed by atoms with E-state index in [0.29, 0.717) is 33.7 Å². The number of ether oxygens (including phenoxy) is 1. The van der Waals surface area contributed by atoms with E-state index >= 15 is 0 Å². The minimum atomic E-state index is -0.833. The SMILES string of the molecule is CC(=O)O.COc1cccc(-c2cc(=O)c3ccccc3o2)c1N. The molecular formula is C18H17NO5. The number of nitrogens with two attached hydrogens (primary N) is 1. The van der Waals surface area contributed by atoms with Crippen LogP contribution in [-0.2, 0) is 4.79 Å². The van der Waals surface area contributed by atoms with Crippen LogP contribution >= 0.6 is 0 Å². The number of para-hydroxylation sites is 2. The van der Waals surface area contributed by atoms with Crippen molar-refractivity contribution in [1.29, 1.82) is 0 Å². The Labute approximate surface area is 138 Å². The summed E-state index contributed by atoms with van der Waals surface area (Å²) < 4.78 is 11.0. The molecule has 0 atom stereocenters. The van der Waals surface area contributed by atoms with E-state index in [4.69, 9.17) is 24.8 Å². The van der Waals surface area contributed by atoms with Gasteiger partial charge in [-0.2, -0.15) is 0 Å². The van der Waals surface area contributed by atoms with Crippen molar-refractivity contribution in [1.82, 2.24) is 0 Å². The molecule has 0 aliphatic rings. The Kier molecular flexibility index (Phi) is 5.21. The number of rotatable bonds is 2. The van der Waals surface area contributed by atoms with Crippen molar-refractivity contribution in [3.05, 3.63) is 58.8 Å². The number of hydrogen-bond acceptors (Lipinski definition) is 5. The van der Waals surface area contributed by atoms with Crippen LogP contribution < -0.4 is 15.9 Å². The van der Waals surface area contributed by atoms with Crippen LogP contribution in [0.2, 0.25) is 0 Å². The Hall–Kier alpha value is -3.28. The second kappa shape index (κ2) is 7.32. The summed E-state index contributed by atoms with van der Waals surface area (Å²) in [5.74, 6) is 0.156. The van der Waals surface area contributed by atoms with E-state index < -0.39 is 5.97 Å². The second-order valence-electron chi connectivity index (χ2n) is 4.91. The van der Waals surface area contributed by atoms with Crippen molar-refractivity contribution in [2.75, 3.05) is 12.8 Å². The average Bonchev–Trinajstić information content (AvgIpc) is 2.54. The molecule has 0 aliphatic carbocycles. The predicted molar refractivity (Wildman–Crippen MR) is 92.2 cm³/mol. The first kappa shape index (κ1) is 17.1. The highest BCUT2D eigenvalue weighted by Crippen LogP contribution is 2.33. The maximum Gasteiger partial charge on any atom is 0.300 e. The zero-order valence-corrected chi connectivity index (χ0v) is 13.3. The second-order valence-corrected chi connectivity index (χ2v) is 4.91. The summed E-state index contributed by atoms with van der Waals surface area (Å²) in [6.45, 7) is 1.08. The molecule has 24 heavy (non-hydrogen) atoms. The molecule has 0 saturated carbocycles. The van der Waals surface area contributed by atoms with Gasteiger partial charge in [0, 0.05) is 18.6 Å². The van der Waals surface area contributed by atoms with Gasteiger partial charge in [-0.15, -0.1) is 0 Å². The van der Waals surface area contributed by atoms with E-state index in [1.54, 1.807) is 43.5 Å². The fourth-order valence-corrected chi connectivity index (χ4v) is 2.17. The number of fused-ring (bicyclic) bond motifs is 1. The van der Waals surface area contributed by atoms with Crippen LogP contribution in [0.15, 0.2) is 57.7 Å². The minimum Gasteiger partial charge on any atom is -0.495 e. The van der Waals surface area contributed by atoms with Crippen LogP contribution in [0.1, 0.15) is 6.92 Å². The van der Waals surface area contributed by atoms with Gasteiger partial charge in [-0.1, -0.05) is 18.2 Å². The van der Waals surface area contributed by atoms with Crippen molar-refractivity contribution in [2.45, 2.75) is 6.92 Å². The van der Waals surface area contributed by atoms with Gasteiger partial charge < -0.3 is 20.0 Å². The Morgan fingerprint density at radius 2 is 1.83 bits per heavy atom. The molecule has 124 valence electrons. The van der Waals surface area contributed by atoms with Crippen LogP contribution in [0, 0.1) is 0 Å². The highest BCUT2D eigenvalue weighted by Gasteiger charge is 2.11. The highest BCUT2D eigenvalue weighted by molar-refractivity contribution is 5.82. The van der Waals surface area contributed by atoms with Crippen molar-refractivity contribution in [3.8, 4) is 17.1 Å². The first-order valence-corrected chi connectivity index (χ1v) is 7.09. The smallest absolute Gasteiger partial charge is 0.300 e. The summed E-state index contributed by atoms with van der Waals surface area (Å²) in [5.41, 5.74) is 7.58. The Morgan fingerprint density at radius 3 is 2.50 bits per heavy atom. The number of benzene rings is 2. The quantitative estimate of drug-likeness (QED) is 0.701. The zero-order valence-electron chi connectivity index (χ0n) is 13.3. The van der Waals surface area contributed by atoms with Gasteiger partial charge in [0.2, 0.25) is 0 Å². The largest absolute Gasteiger partial charge is 0.495 e. The third-order valence-electron chi connectivity index (χ3n) is 3.19. The Morgan fingerprint density at radius 1 is 1.17 bits per heavy atom. The molecule has 3 rings (SSSR count). The highest BCUT2D eigenvalue weighted by atomic mass is 16.5. The van der Waals surface area contributed by atoms with Crippen molar-refractivity contribution >= 4 is 22.6 Å². The van der Waals surface area contributed by atoms with E-state index in [-0.39, 0.29) is 5.43 Å². The molecule has 0 spiro atoms. The summed E-state index contributed by atoms with van der Waals surface area (Å²) in [4.78, 5) is 21.1. The molecule has 3 N–H and O–H groups in total. The molecule has 0 bridgehead atoms. The number of carbonyl (C=O) groups is 1. The van der Waals surface area contributed by atoms with Crippen LogP contribution in [0.5, 0.6) is 5.75 Å². The lowest BCUT2D eigenvalue weighted by Crippen LogP contribution is -2.01. The number of methoxy groups -OCH3 is 1. The number of hydrogen-bond donors (Lipinski definition) is 2. The molecule has 6 nitrogen and oxygen atoms in total. The molecule has 0 saturated heterocycles. The lowest BCUT2D eigenvalue weighted by atomic mass is 10.1. The molecule has 6 heteroatoms. The van der Waals surface area contributed by atoms with Crippen molar-refractivity contribution in [3.63, 3.8) is 0 Å². The summed E-state index contributed by atoms with van der Waals surface area (Å²) in [6.07, 6.45) is 0. The van der Waals surface area contributed by atoms with Gasteiger partial charge in [-0.25, -0.2) is 0 Å². The number of carboxylic acids is 1. The molecule has 0 amide bonds. The third kappa shape index (κ3) is 3.73. The normalized spacial score (nSPS) is 9.92. The van der Waals surface area contributed by atoms with E-state index in [1.807, 2.05) is 6.07 Å². The predicted octanol–water partition coefficient (Wildman–Crippen LogP) is 3.14. The summed E-state index contributed by atoms with van der Waals surface area (Å²) in [7, 11) is 1.55. The number of nitrogen functional groups attached to an aromatic ring is 1. The fourth-order valence-electron chi connectivity index (χ4n) is 2.17. The topological polar surface area (TPSA) is 103 Å². The fraction of sp³-hybridized carbons (Fsp3) is 0.111. The Bertz CT molecular complexity index is 926. The van der Waals surface area contributed by atoms with Gasteiger partial charge in [-0.05, 0) is 24.3 Å². The molecule has 0 radical (unpaired) electrons. The minimum absolute atomic E-state index is 0.0935. The van der Waals surface area contributed by atoms with Gasteiger partial charge in [0.15, 0.2) is 5.43 Å². The zero-order chi connectivity index (χ0) is 17.7. The van der Waals surface area contributed by atoms with Crippen LogP contribution in [0.3, 0.4) is 0 Å². The first-order chi connectivity index (χ1) is 11.4. The monoisotopic (exact) mass is 327 g/mol. The average molecular weight is 327 g/mol. The number of aliphatic carboxylic acids is 1. The lowest BCUT2D eigenvalue weighted by Gasteiger charge is -2.09.